The quantitative estimate of drug-likeness (QED) is 0.762. The second-order valence-corrected chi connectivity index (χ2v) is 5.86. The molecule has 1 aliphatic rings. The number of hydrogen-bond acceptors (Lipinski definition) is 2. The average molecular weight is 264 g/mol. The minimum absolute atomic E-state index is 0.121. The first-order valence-electron chi connectivity index (χ1n) is 6.42. The molecule has 0 fully saturated rings. The Morgan fingerprint density at radius 3 is 2.89 bits per heavy atom. The Morgan fingerprint density at radius 1 is 1.33 bits per heavy atom. The maximum atomic E-state index is 12.2. The SMILES string of the molecule is CCSCCCN1C(=O)N(C)Cc2ccccc21. The van der Waals surface area contributed by atoms with E-state index in [2.05, 4.69) is 13.0 Å². The van der Waals surface area contributed by atoms with Gasteiger partial charge in [0.25, 0.3) is 0 Å². The highest BCUT2D eigenvalue weighted by atomic mass is 32.2. The molecule has 18 heavy (non-hydrogen) atoms. The lowest BCUT2D eigenvalue weighted by atomic mass is 10.1. The number of hydrogen-bond donors (Lipinski definition) is 0. The van der Waals surface area contributed by atoms with Gasteiger partial charge in [0.05, 0.1) is 5.69 Å². The molecule has 1 aromatic carbocycles. The Bertz CT molecular complexity index is 422. The van der Waals surface area contributed by atoms with Gasteiger partial charge in [0.1, 0.15) is 0 Å². The molecule has 0 spiro atoms. The Balaban J connectivity index is 2.09. The van der Waals surface area contributed by atoms with Crippen LogP contribution < -0.4 is 4.90 Å². The minimum Gasteiger partial charge on any atom is -0.323 e. The number of carbonyl (C=O) groups is 1. The molecule has 0 saturated heterocycles. The van der Waals surface area contributed by atoms with Crippen LogP contribution in [-0.2, 0) is 6.54 Å². The Labute approximate surface area is 113 Å². The summed E-state index contributed by atoms with van der Waals surface area (Å²) >= 11 is 1.93. The van der Waals surface area contributed by atoms with Crippen LogP contribution in [0, 0.1) is 0 Å². The molecular weight excluding hydrogens is 244 g/mol. The molecule has 4 heteroatoms. The van der Waals surface area contributed by atoms with Gasteiger partial charge in [0.15, 0.2) is 0 Å². The van der Waals surface area contributed by atoms with E-state index in [1.165, 1.54) is 5.56 Å². The van der Waals surface area contributed by atoms with Gasteiger partial charge < -0.3 is 4.90 Å². The van der Waals surface area contributed by atoms with Crippen molar-refractivity contribution < 1.29 is 4.79 Å². The van der Waals surface area contributed by atoms with Gasteiger partial charge in [-0.25, -0.2) is 4.79 Å². The molecule has 0 atom stereocenters. The van der Waals surface area contributed by atoms with E-state index in [0.29, 0.717) is 0 Å². The van der Waals surface area contributed by atoms with E-state index in [9.17, 15) is 4.79 Å². The van der Waals surface area contributed by atoms with Crippen LogP contribution in [0.4, 0.5) is 10.5 Å². The van der Waals surface area contributed by atoms with Crippen LogP contribution in [0.3, 0.4) is 0 Å². The highest BCUT2D eigenvalue weighted by Crippen LogP contribution is 2.27. The Kier molecular flexibility index (Phi) is 4.53. The predicted octanol–water partition coefficient (Wildman–Crippen LogP) is 3.20. The van der Waals surface area contributed by atoms with Crippen molar-refractivity contribution in [3.05, 3.63) is 29.8 Å². The van der Waals surface area contributed by atoms with Crippen LogP contribution in [0.15, 0.2) is 24.3 Å². The van der Waals surface area contributed by atoms with Crippen molar-refractivity contribution in [2.24, 2.45) is 0 Å². The molecule has 1 aliphatic heterocycles. The number of fused-ring (bicyclic) bond motifs is 1. The molecule has 0 aliphatic carbocycles. The summed E-state index contributed by atoms with van der Waals surface area (Å²) in [6, 6.07) is 8.31. The lowest BCUT2D eigenvalue weighted by Gasteiger charge is -2.35. The van der Waals surface area contributed by atoms with Crippen LogP contribution in [0.5, 0.6) is 0 Å². The van der Waals surface area contributed by atoms with Crippen LogP contribution in [0.25, 0.3) is 0 Å². The van der Waals surface area contributed by atoms with Crippen molar-refractivity contribution in [3.63, 3.8) is 0 Å². The van der Waals surface area contributed by atoms with Gasteiger partial charge in [-0.05, 0) is 29.6 Å². The van der Waals surface area contributed by atoms with Crippen LogP contribution >= 0.6 is 11.8 Å². The molecular formula is C14H20N2OS. The third kappa shape index (κ3) is 2.80. The smallest absolute Gasteiger partial charge is 0.323 e. The van der Waals surface area contributed by atoms with E-state index in [1.54, 1.807) is 4.90 Å². The zero-order valence-corrected chi connectivity index (χ0v) is 11.9. The monoisotopic (exact) mass is 264 g/mol. The molecule has 0 bridgehead atoms. The second-order valence-electron chi connectivity index (χ2n) is 4.47. The number of urea groups is 1. The number of para-hydroxylation sites is 1. The number of nitrogens with zero attached hydrogens (tertiary/aromatic N) is 2. The van der Waals surface area contributed by atoms with Gasteiger partial charge in [-0.3, -0.25) is 4.90 Å². The van der Waals surface area contributed by atoms with E-state index in [-0.39, 0.29) is 6.03 Å². The van der Waals surface area contributed by atoms with E-state index >= 15 is 0 Å². The normalized spacial score (nSPS) is 14.9. The number of benzene rings is 1. The molecule has 0 radical (unpaired) electrons. The van der Waals surface area contributed by atoms with Crippen molar-refractivity contribution in [2.75, 3.05) is 30.0 Å². The van der Waals surface area contributed by atoms with Crippen molar-refractivity contribution >= 4 is 23.5 Å². The highest BCUT2D eigenvalue weighted by molar-refractivity contribution is 7.99. The van der Waals surface area contributed by atoms with Crippen molar-refractivity contribution in [3.8, 4) is 0 Å². The fourth-order valence-corrected chi connectivity index (χ4v) is 2.85. The maximum Gasteiger partial charge on any atom is 0.324 e. The summed E-state index contributed by atoms with van der Waals surface area (Å²) in [5, 5.41) is 0. The van der Waals surface area contributed by atoms with Gasteiger partial charge in [-0.1, -0.05) is 25.1 Å². The molecule has 98 valence electrons. The number of amides is 2. The molecule has 1 heterocycles. The molecule has 2 rings (SSSR count). The average Bonchev–Trinajstić information content (AvgIpc) is 2.38. The summed E-state index contributed by atoms with van der Waals surface area (Å²) in [7, 11) is 1.87. The Morgan fingerprint density at radius 2 is 2.11 bits per heavy atom. The van der Waals surface area contributed by atoms with Gasteiger partial charge in [-0.2, -0.15) is 11.8 Å². The summed E-state index contributed by atoms with van der Waals surface area (Å²) in [5.74, 6) is 2.26. The second kappa shape index (κ2) is 6.14. The van der Waals surface area contributed by atoms with Crippen LogP contribution in [0.1, 0.15) is 18.9 Å². The summed E-state index contributed by atoms with van der Waals surface area (Å²) in [4.78, 5) is 15.9. The summed E-state index contributed by atoms with van der Waals surface area (Å²) in [5.41, 5.74) is 2.32. The lowest BCUT2D eigenvalue weighted by molar-refractivity contribution is 0.210. The molecule has 0 unspecified atom stereocenters. The van der Waals surface area contributed by atoms with Crippen LogP contribution in [0.2, 0.25) is 0 Å². The molecule has 3 nitrogen and oxygen atoms in total. The first-order chi connectivity index (χ1) is 8.74. The highest BCUT2D eigenvalue weighted by Gasteiger charge is 2.26. The van der Waals surface area contributed by atoms with Crippen molar-refractivity contribution in [1.29, 1.82) is 0 Å². The van der Waals surface area contributed by atoms with Gasteiger partial charge >= 0.3 is 6.03 Å². The first-order valence-corrected chi connectivity index (χ1v) is 7.57. The van der Waals surface area contributed by atoms with E-state index in [0.717, 1.165) is 36.7 Å². The first kappa shape index (κ1) is 13.3. The van der Waals surface area contributed by atoms with Gasteiger partial charge in [0.2, 0.25) is 0 Å². The summed E-state index contributed by atoms with van der Waals surface area (Å²) < 4.78 is 0. The van der Waals surface area contributed by atoms with Crippen LogP contribution in [-0.4, -0.2) is 36.0 Å². The minimum atomic E-state index is 0.121. The molecule has 0 saturated carbocycles. The van der Waals surface area contributed by atoms with E-state index < -0.39 is 0 Å². The van der Waals surface area contributed by atoms with Crippen molar-refractivity contribution in [1.82, 2.24) is 4.90 Å². The summed E-state index contributed by atoms with van der Waals surface area (Å²) in [6.07, 6.45) is 1.05. The topological polar surface area (TPSA) is 23.6 Å². The molecule has 0 N–H and O–H groups in total. The van der Waals surface area contributed by atoms with Crippen molar-refractivity contribution in [2.45, 2.75) is 19.9 Å². The fourth-order valence-electron chi connectivity index (χ4n) is 2.23. The number of carbonyl (C=O) groups excluding carboxylic acids is 1. The number of anilines is 1. The zero-order chi connectivity index (χ0) is 13.0. The third-order valence-corrected chi connectivity index (χ3v) is 4.11. The Hall–Kier alpha value is -1.16. The van der Waals surface area contributed by atoms with Gasteiger partial charge in [0, 0.05) is 20.1 Å². The van der Waals surface area contributed by atoms with E-state index in [1.807, 2.05) is 41.9 Å². The maximum absolute atomic E-state index is 12.2. The third-order valence-electron chi connectivity index (χ3n) is 3.12. The molecule has 0 aromatic heterocycles. The fraction of sp³-hybridized carbons (Fsp3) is 0.500. The largest absolute Gasteiger partial charge is 0.324 e. The molecule has 2 amide bonds. The number of thioether (sulfide) groups is 1. The molecule has 1 aromatic rings. The predicted molar refractivity (Wildman–Crippen MR) is 78.3 cm³/mol. The van der Waals surface area contributed by atoms with Gasteiger partial charge in [-0.15, -0.1) is 0 Å². The zero-order valence-electron chi connectivity index (χ0n) is 11.1. The number of rotatable bonds is 5. The standard InChI is InChI=1S/C14H20N2OS/c1-3-18-10-6-9-16-13-8-5-4-7-12(13)11-15(2)14(16)17/h4-5,7-8H,3,6,9-11H2,1-2H3. The summed E-state index contributed by atoms with van der Waals surface area (Å²) in [6.45, 7) is 3.70. The lowest BCUT2D eigenvalue weighted by Crippen LogP contribution is -2.45. The van der Waals surface area contributed by atoms with E-state index in [4.69, 9.17) is 0 Å².